The van der Waals surface area contributed by atoms with Crippen LogP contribution in [0.1, 0.15) is 24.0 Å². The molecule has 0 aliphatic carbocycles. The summed E-state index contributed by atoms with van der Waals surface area (Å²) < 4.78 is 13.9. The second kappa shape index (κ2) is 6.12. The Morgan fingerprint density at radius 2 is 2.06 bits per heavy atom. The summed E-state index contributed by atoms with van der Waals surface area (Å²) in [4.78, 5) is 2.33. The lowest BCUT2D eigenvalue weighted by atomic mass is 10.1. The van der Waals surface area contributed by atoms with Crippen molar-refractivity contribution in [3.63, 3.8) is 0 Å². The lowest BCUT2D eigenvalue weighted by Gasteiger charge is -2.15. The van der Waals surface area contributed by atoms with Crippen LogP contribution in [0, 0.1) is 5.82 Å². The van der Waals surface area contributed by atoms with Crippen molar-refractivity contribution < 1.29 is 4.39 Å². The van der Waals surface area contributed by atoms with E-state index in [1.54, 1.807) is 6.07 Å². The van der Waals surface area contributed by atoms with Gasteiger partial charge in [0.05, 0.1) is 0 Å². The summed E-state index contributed by atoms with van der Waals surface area (Å²) in [6.45, 7) is 3.88. The van der Waals surface area contributed by atoms with Crippen molar-refractivity contribution in [1.29, 1.82) is 0 Å². The Bertz CT molecular complexity index is 359. The molecular formula is C14H21FN2. The molecular weight excluding hydrogens is 215 g/mol. The van der Waals surface area contributed by atoms with Gasteiger partial charge in [0.1, 0.15) is 5.82 Å². The fourth-order valence-electron chi connectivity index (χ4n) is 2.33. The Kier molecular flexibility index (Phi) is 4.51. The molecule has 0 atom stereocenters. The highest BCUT2D eigenvalue weighted by Gasteiger charge is 2.13. The Balaban J connectivity index is 1.98. The normalized spacial score (nSPS) is 16.6. The van der Waals surface area contributed by atoms with Crippen molar-refractivity contribution in [3.8, 4) is 0 Å². The van der Waals surface area contributed by atoms with Crippen molar-refractivity contribution in [2.24, 2.45) is 0 Å². The van der Waals surface area contributed by atoms with E-state index in [-0.39, 0.29) is 5.82 Å². The van der Waals surface area contributed by atoms with Crippen LogP contribution in [-0.4, -0.2) is 31.6 Å². The number of nitrogens with zero attached hydrogens (tertiary/aromatic N) is 1. The van der Waals surface area contributed by atoms with Crippen molar-refractivity contribution in [1.82, 2.24) is 10.2 Å². The lowest BCUT2D eigenvalue weighted by molar-refractivity contribution is 0.325. The largest absolute Gasteiger partial charge is 0.319 e. The van der Waals surface area contributed by atoms with E-state index in [1.807, 2.05) is 19.2 Å². The highest BCUT2D eigenvalue weighted by molar-refractivity contribution is 5.24. The van der Waals surface area contributed by atoms with Crippen molar-refractivity contribution in [2.75, 3.05) is 26.7 Å². The number of likely N-dealkylation sites (N-methyl/N-ethyl adjacent to an activating group) is 1. The Labute approximate surface area is 103 Å². The van der Waals surface area contributed by atoms with Crippen LogP contribution in [0.25, 0.3) is 0 Å². The van der Waals surface area contributed by atoms with Crippen molar-refractivity contribution in [3.05, 3.63) is 35.1 Å². The van der Waals surface area contributed by atoms with Gasteiger partial charge in [0.2, 0.25) is 0 Å². The maximum Gasteiger partial charge on any atom is 0.127 e. The molecule has 17 heavy (non-hydrogen) atoms. The van der Waals surface area contributed by atoms with Crippen molar-refractivity contribution >= 4 is 0 Å². The maximum absolute atomic E-state index is 13.9. The van der Waals surface area contributed by atoms with E-state index in [1.165, 1.54) is 12.8 Å². The number of halogens is 1. The molecule has 2 nitrogen and oxygen atoms in total. The smallest absolute Gasteiger partial charge is 0.127 e. The fraction of sp³-hybridized carbons (Fsp3) is 0.571. The second-order valence-electron chi connectivity index (χ2n) is 4.76. The number of benzene rings is 1. The van der Waals surface area contributed by atoms with Crippen LogP contribution >= 0.6 is 0 Å². The zero-order chi connectivity index (χ0) is 12.1. The van der Waals surface area contributed by atoms with Gasteiger partial charge in [-0.2, -0.15) is 0 Å². The van der Waals surface area contributed by atoms with E-state index in [0.29, 0.717) is 0 Å². The SMILES string of the molecule is CNCCc1ccc(CN2CCCC2)c(F)c1. The van der Waals surface area contributed by atoms with Gasteiger partial charge >= 0.3 is 0 Å². The topological polar surface area (TPSA) is 15.3 Å². The Morgan fingerprint density at radius 3 is 2.71 bits per heavy atom. The molecule has 0 bridgehead atoms. The van der Waals surface area contributed by atoms with Gasteiger partial charge in [0.15, 0.2) is 0 Å². The third-order valence-corrected chi connectivity index (χ3v) is 3.37. The molecule has 1 aromatic carbocycles. The predicted octanol–water partition coefficient (Wildman–Crippen LogP) is 2.18. The Morgan fingerprint density at radius 1 is 1.29 bits per heavy atom. The third-order valence-electron chi connectivity index (χ3n) is 3.37. The summed E-state index contributed by atoms with van der Waals surface area (Å²) >= 11 is 0. The first-order valence-corrected chi connectivity index (χ1v) is 6.44. The molecule has 1 fully saturated rings. The van der Waals surface area contributed by atoms with Gasteiger partial charge in [0, 0.05) is 12.1 Å². The summed E-state index contributed by atoms with van der Waals surface area (Å²) in [5.41, 5.74) is 1.90. The zero-order valence-electron chi connectivity index (χ0n) is 10.5. The first kappa shape index (κ1) is 12.5. The van der Waals surface area contributed by atoms with E-state index in [0.717, 1.165) is 43.7 Å². The van der Waals surface area contributed by atoms with Crippen LogP contribution in [0.4, 0.5) is 4.39 Å². The molecule has 1 aliphatic rings. The first-order chi connectivity index (χ1) is 8.29. The van der Waals surface area contributed by atoms with Crippen LogP contribution in [0.15, 0.2) is 18.2 Å². The number of nitrogens with one attached hydrogen (secondary N) is 1. The summed E-state index contributed by atoms with van der Waals surface area (Å²) in [6, 6.07) is 5.67. The molecule has 0 radical (unpaired) electrons. The van der Waals surface area contributed by atoms with Gasteiger partial charge in [-0.25, -0.2) is 4.39 Å². The maximum atomic E-state index is 13.9. The lowest BCUT2D eigenvalue weighted by Crippen LogP contribution is -2.19. The summed E-state index contributed by atoms with van der Waals surface area (Å²) in [6.07, 6.45) is 3.39. The van der Waals surface area contributed by atoms with Crippen molar-refractivity contribution in [2.45, 2.75) is 25.8 Å². The molecule has 1 heterocycles. The molecule has 94 valence electrons. The Hall–Kier alpha value is -0.930. The van der Waals surface area contributed by atoms with Gasteiger partial charge in [-0.15, -0.1) is 0 Å². The monoisotopic (exact) mass is 236 g/mol. The molecule has 2 rings (SSSR count). The van der Waals surface area contributed by atoms with Crippen LogP contribution in [0.2, 0.25) is 0 Å². The molecule has 1 aliphatic heterocycles. The van der Waals surface area contributed by atoms with E-state index >= 15 is 0 Å². The van der Waals surface area contributed by atoms with E-state index in [4.69, 9.17) is 0 Å². The third kappa shape index (κ3) is 3.51. The van der Waals surface area contributed by atoms with E-state index in [9.17, 15) is 4.39 Å². The highest BCUT2D eigenvalue weighted by atomic mass is 19.1. The van der Waals surface area contributed by atoms with E-state index in [2.05, 4.69) is 10.2 Å². The van der Waals surface area contributed by atoms with Gasteiger partial charge in [-0.1, -0.05) is 12.1 Å². The second-order valence-corrected chi connectivity index (χ2v) is 4.76. The summed E-state index contributed by atoms with van der Waals surface area (Å²) in [5, 5.41) is 3.08. The molecule has 1 aromatic rings. The van der Waals surface area contributed by atoms with Gasteiger partial charge in [0.25, 0.3) is 0 Å². The fourth-order valence-corrected chi connectivity index (χ4v) is 2.33. The molecule has 0 saturated carbocycles. The average molecular weight is 236 g/mol. The van der Waals surface area contributed by atoms with E-state index < -0.39 is 0 Å². The summed E-state index contributed by atoms with van der Waals surface area (Å²) in [5.74, 6) is -0.0505. The van der Waals surface area contributed by atoms with Gasteiger partial charge in [-0.05, 0) is 57.6 Å². The number of likely N-dealkylation sites (tertiary alicyclic amines) is 1. The van der Waals surface area contributed by atoms with Crippen LogP contribution in [-0.2, 0) is 13.0 Å². The zero-order valence-corrected chi connectivity index (χ0v) is 10.5. The quantitative estimate of drug-likeness (QED) is 0.843. The highest BCUT2D eigenvalue weighted by Crippen LogP contribution is 2.16. The molecule has 0 spiro atoms. The van der Waals surface area contributed by atoms with Crippen LogP contribution < -0.4 is 5.32 Å². The van der Waals surface area contributed by atoms with Gasteiger partial charge < -0.3 is 5.32 Å². The number of hydrogen-bond donors (Lipinski definition) is 1. The molecule has 3 heteroatoms. The minimum atomic E-state index is -0.0505. The number of hydrogen-bond acceptors (Lipinski definition) is 2. The first-order valence-electron chi connectivity index (χ1n) is 6.44. The minimum Gasteiger partial charge on any atom is -0.319 e. The minimum absolute atomic E-state index is 0.0505. The van der Waals surface area contributed by atoms with Crippen LogP contribution in [0.3, 0.4) is 0 Å². The molecule has 0 aromatic heterocycles. The predicted molar refractivity (Wildman–Crippen MR) is 68.5 cm³/mol. The number of rotatable bonds is 5. The summed E-state index contributed by atoms with van der Waals surface area (Å²) in [7, 11) is 1.91. The molecule has 1 N–H and O–H groups in total. The average Bonchev–Trinajstić information content (AvgIpc) is 2.82. The van der Waals surface area contributed by atoms with Crippen LogP contribution in [0.5, 0.6) is 0 Å². The standard InChI is InChI=1S/C14H21FN2/c1-16-7-6-12-4-5-13(14(15)10-12)11-17-8-2-3-9-17/h4-5,10,16H,2-3,6-9,11H2,1H3. The molecule has 0 unspecified atom stereocenters. The van der Waals surface area contributed by atoms with Gasteiger partial charge in [-0.3, -0.25) is 4.90 Å². The molecule has 1 saturated heterocycles. The molecule has 0 amide bonds.